The lowest BCUT2D eigenvalue weighted by atomic mass is 9.88. The lowest BCUT2D eigenvalue weighted by Crippen LogP contribution is -2.51. The van der Waals surface area contributed by atoms with Crippen molar-refractivity contribution < 1.29 is 9.59 Å². The van der Waals surface area contributed by atoms with Crippen LogP contribution in [-0.4, -0.2) is 60.9 Å². The van der Waals surface area contributed by atoms with Crippen molar-refractivity contribution in [3.05, 3.63) is 34.9 Å². The highest BCUT2D eigenvalue weighted by Crippen LogP contribution is 2.20. The topological polar surface area (TPSA) is 52.7 Å². The van der Waals surface area contributed by atoms with E-state index in [0.717, 1.165) is 26.1 Å². The molecule has 1 unspecified atom stereocenters. The molecule has 1 atom stereocenters. The van der Waals surface area contributed by atoms with Crippen LogP contribution >= 0.6 is 11.6 Å². The maximum Gasteiger partial charge on any atom is 0.253 e. The van der Waals surface area contributed by atoms with Gasteiger partial charge in [0.2, 0.25) is 5.91 Å². The van der Waals surface area contributed by atoms with Crippen molar-refractivity contribution in [2.75, 3.05) is 39.3 Å². The Hall–Kier alpha value is -1.59. The SMILES string of the molecule is CC(C(=O)N1CCCN(C(=O)c2ccc(Cl)cc2)CC1)C1CNC1. The average Bonchev–Trinajstić information content (AvgIpc) is 2.78. The monoisotopic (exact) mass is 349 g/mol. The second kappa shape index (κ2) is 7.53. The molecule has 2 saturated heterocycles. The van der Waals surface area contributed by atoms with Gasteiger partial charge in [0.25, 0.3) is 5.91 Å². The molecule has 5 nitrogen and oxygen atoms in total. The van der Waals surface area contributed by atoms with Crippen LogP contribution in [0.3, 0.4) is 0 Å². The summed E-state index contributed by atoms with van der Waals surface area (Å²) in [5.74, 6) is 0.747. The summed E-state index contributed by atoms with van der Waals surface area (Å²) in [6.07, 6.45) is 0.820. The van der Waals surface area contributed by atoms with E-state index in [-0.39, 0.29) is 17.7 Å². The number of amides is 2. The highest BCUT2D eigenvalue weighted by molar-refractivity contribution is 6.30. The van der Waals surface area contributed by atoms with Gasteiger partial charge < -0.3 is 15.1 Å². The molecule has 2 aliphatic heterocycles. The van der Waals surface area contributed by atoms with Crippen LogP contribution in [0.5, 0.6) is 0 Å². The highest BCUT2D eigenvalue weighted by Gasteiger charge is 2.32. The van der Waals surface area contributed by atoms with Crippen LogP contribution in [0.25, 0.3) is 0 Å². The molecular formula is C18H24ClN3O2. The standard InChI is InChI=1S/C18H24ClN3O2/c1-13(15-11-20-12-15)17(23)21-7-2-8-22(10-9-21)18(24)14-3-5-16(19)6-4-14/h3-6,13,15,20H,2,7-12H2,1H3. The molecule has 0 aromatic heterocycles. The summed E-state index contributed by atoms with van der Waals surface area (Å²) in [7, 11) is 0. The maximum atomic E-state index is 12.6. The third-order valence-corrected chi connectivity index (χ3v) is 5.35. The minimum absolute atomic E-state index is 0.0113. The molecule has 1 aromatic rings. The number of halogens is 1. The Bertz CT molecular complexity index is 601. The van der Waals surface area contributed by atoms with Crippen LogP contribution in [0, 0.1) is 11.8 Å². The zero-order valence-electron chi connectivity index (χ0n) is 14.0. The molecule has 0 spiro atoms. The van der Waals surface area contributed by atoms with Gasteiger partial charge in [0.15, 0.2) is 0 Å². The molecule has 2 aliphatic rings. The van der Waals surface area contributed by atoms with Crippen LogP contribution in [0.2, 0.25) is 5.02 Å². The van der Waals surface area contributed by atoms with Crippen LogP contribution in [0.15, 0.2) is 24.3 Å². The van der Waals surface area contributed by atoms with Crippen molar-refractivity contribution in [3.63, 3.8) is 0 Å². The number of hydrogen-bond donors (Lipinski definition) is 1. The smallest absolute Gasteiger partial charge is 0.253 e. The third-order valence-electron chi connectivity index (χ3n) is 5.10. The zero-order valence-corrected chi connectivity index (χ0v) is 14.8. The fourth-order valence-corrected chi connectivity index (χ4v) is 3.40. The molecule has 3 rings (SSSR count). The zero-order chi connectivity index (χ0) is 17.1. The van der Waals surface area contributed by atoms with Gasteiger partial charge in [-0.25, -0.2) is 0 Å². The van der Waals surface area contributed by atoms with Crippen LogP contribution in [-0.2, 0) is 4.79 Å². The summed E-state index contributed by atoms with van der Waals surface area (Å²) < 4.78 is 0. The Morgan fingerprint density at radius 3 is 2.33 bits per heavy atom. The summed E-state index contributed by atoms with van der Waals surface area (Å²) in [5.41, 5.74) is 0.646. The number of nitrogens with zero attached hydrogens (tertiary/aromatic N) is 2. The molecular weight excluding hydrogens is 326 g/mol. The first-order valence-electron chi connectivity index (χ1n) is 8.60. The molecule has 0 saturated carbocycles. The van der Waals surface area contributed by atoms with E-state index in [1.54, 1.807) is 24.3 Å². The Balaban J connectivity index is 1.59. The molecule has 2 heterocycles. The molecule has 1 N–H and O–H groups in total. The van der Waals surface area contributed by atoms with Crippen molar-refractivity contribution in [3.8, 4) is 0 Å². The summed E-state index contributed by atoms with van der Waals surface area (Å²) >= 11 is 5.88. The van der Waals surface area contributed by atoms with E-state index in [2.05, 4.69) is 5.32 Å². The number of nitrogens with one attached hydrogen (secondary N) is 1. The van der Waals surface area contributed by atoms with Gasteiger partial charge in [-0.15, -0.1) is 0 Å². The predicted octanol–water partition coefficient (Wildman–Crippen LogP) is 1.87. The minimum atomic E-state index is 0.0113. The van der Waals surface area contributed by atoms with Crippen molar-refractivity contribution in [2.45, 2.75) is 13.3 Å². The normalized spacial score (nSPS) is 20.2. The number of benzene rings is 1. The second-order valence-corrected chi connectivity index (χ2v) is 7.12. The molecule has 130 valence electrons. The Kier molecular flexibility index (Phi) is 5.41. The van der Waals surface area contributed by atoms with Crippen LogP contribution < -0.4 is 5.32 Å². The van der Waals surface area contributed by atoms with Gasteiger partial charge in [0.05, 0.1) is 0 Å². The van der Waals surface area contributed by atoms with Gasteiger partial charge in [-0.05, 0) is 49.7 Å². The van der Waals surface area contributed by atoms with Crippen molar-refractivity contribution in [1.82, 2.24) is 15.1 Å². The molecule has 24 heavy (non-hydrogen) atoms. The first-order valence-corrected chi connectivity index (χ1v) is 8.98. The van der Waals surface area contributed by atoms with E-state index in [9.17, 15) is 9.59 Å². The summed E-state index contributed by atoms with van der Waals surface area (Å²) in [6.45, 7) is 6.50. The Morgan fingerprint density at radius 1 is 1.08 bits per heavy atom. The number of hydrogen-bond acceptors (Lipinski definition) is 3. The van der Waals surface area contributed by atoms with E-state index >= 15 is 0 Å². The third kappa shape index (κ3) is 3.73. The molecule has 1 aromatic carbocycles. The van der Waals surface area contributed by atoms with E-state index in [4.69, 9.17) is 11.6 Å². The first-order chi connectivity index (χ1) is 11.6. The molecule has 6 heteroatoms. The molecule has 0 bridgehead atoms. The van der Waals surface area contributed by atoms with Crippen LogP contribution in [0.1, 0.15) is 23.7 Å². The Morgan fingerprint density at radius 2 is 1.71 bits per heavy atom. The van der Waals surface area contributed by atoms with E-state index in [1.165, 1.54) is 0 Å². The second-order valence-electron chi connectivity index (χ2n) is 6.68. The highest BCUT2D eigenvalue weighted by atomic mass is 35.5. The van der Waals surface area contributed by atoms with Gasteiger partial charge in [0, 0.05) is 42.7 Å². The lowest BCUT2D eigenvalue weighted by molar-refractivity contribution is -0.137. The lowest BCUT2D eigenvalue weighted by Gasteiger charge is -2.34. The molecule has 2 fully saturated rings. The van der Waals surface area contributed by atoms with Gasteiger partial charge in [-0.1, -0.05) is 18.5 Å². The van der Waals surface area contributed by atoms with Gasteiger partial charge in [0.1, 0.15) is 0 Å². The molecule has 2 amide bonds. The van der Waals surface area contributed by atoms with E-state index < -0.39 is 0 Å². The fourth-order valence-electron chi connectivity index (χ4n) is 3.27. The predicted molar refractivity (Wildman–Crippen MR) is 94.1 cm³/mol. The van der Waals surface area contributed by atoms with Gasteiger partial charge in [-0.3, -0.25) is 9.59 Å². The molecule has 0 radical (unpaired) electrons. The number of rotatable bonds is 3. The summed E-state index contributed by atoms with van der Waals surface area (Å²) in [5, 5.41) is 3.85. The minimum Gasteiger partial charge on any atom is -0.341 e. The van der Waals surface area contributed by atoms with E-state index in [1.807, 2.05) is 16.7 Å². The largest absolute Gasteiger partial charge is 0.341 e. The van der Waals surface area contributed by atoms with E-state index in [0.29, 0.717) is 36.1 Å². The summed E-state index contributed by atoms with van der Waals surface area (Å²) in [6, 6.07) is 6.97. The maximum absolute atomic E-state index is 12.6. The quantitative estimate of drug-likeness (QED) is 0.906. The number of carbonyl (C=O) groups is 2. The van der Waals surface area contributed by atoms with Crippen molar-refractivity contribution in [2.24, 2.45) is 11.8 Å². The average molecular weight is 350 g/mol. The van der Waals surface area contributed by atoms with Crippen molar-refractivity contribution in [1.29, 1.82) is 0 Å². The number of carbonyl (C=O) groups excluding carboxylic acids is 2. The summed E-state index contributed by atoms with van der Waals surface area (Å²) in [4.78, 5) is 29.0. The fraction of sp³-hybridized carbons (Fsp3) is 0.556. The van der Waals surface area contributed by atoms with Gasteiger partial charge >= 0.3 is 0 Å². The van der Waals surface area contributed by atoms with Gasteiger partial charge in [-0.2, -0.15) is 0 Å². The Labute approximate surface area is 147 Å². The van der Waals surface area contributed by atoms with Crippen molar-refractivity contribution >= 4 is 23.4 Å². The van der Waals surface area contributed by atoms with Crippen LogP contribution in [0.4, 0.5) is 0 Å². The first kappa shape index (κ1) is 17.2. The molecule has 0 aliphatic carbocycles.